The molecule has 3 heteroatoms. The van der Waals surface area contributed by atoms with E-state index in [1.165, 1.54) is 86.2 Å². The second-order valence-corrected chi connectivity index (χ2v) is 12.4. The van der Waals surface area contributed by atoms with E-state index in [-0.39, 0.29) is 0 Å². The first-order valence-corrected chi connectivity index (χ1v) is 15.5. The molecule has 3 heterocycles. The van der Waals surface area contributed by atoms with Crippen LogP contribution in [0, 0.1) is 0 Å². The van der Waals surface area contributed by atoms with Crippen LogP contribution in [-0.4, -0.2) is 9.13 Å². The molecule has 0 radical (unpaired) electrons. The van der Waals surface area contributed by atoms with Crippen LogP contribution in [0.25, 0.3) is 80.6 Å². The maximum atomic E-state index is 2.48. The average Bonchev–Trinajstić information content (AvgIpc) is 3.68. The van der Waals surface area contributed by atoms with Crippen molar-refractivity contribution in [2.45, 2.75) is 13.3 Å². The van der Waals surface area contributed by atoms with E-state index >= 15 is 0 Å². The topological polar surface area (TPSA) is 9.86 Å². The van der Waals surface area contributed by atoms with Gasteiger partial charge in [0.2, 0.25) is 0 Å². The van der Waals surface area contributed by atoms with Crippen LogP contribution in [0.15, 0.2) is 121 Å². The molecule has 3 aromatic heterocycles. The molecule has 0 amide bonds. The zero-order valence-corrected chi connectivity index (χ0v) is 24.4. The second kappa shape index (κ2) is 8.82. The molecule has 0 saturated carbocycles. The van der Waals surface area contributed by atoms with Crippen molar-refractivity contribution in [1.29, 1.82) is 0 Å². The van der Waals surface area contributed by atoms with Gasteiger partial charge in [-0.15, -0.1) is 11.3 Å². The van der Waals surface area contributed by atoms with Crippen LogP contribution in [0.2, 0.25) is 0 Å². The second-order valence-electron chi connectivity index (χ2n) is 11.3. The van der Waals surface area contributed by atoms with E-state index in [1.54, 1.807) is 0 Å². The Morgan fingerprint density at radius 3 is 2.00 bits per heavy atom. The number of rotatable bonds is 3. The Kier molecular flexibility index (Phi) is 5.00. The van der Waals surface area contributed by atoms with Gasteiger partial charge in [-0.1, -0.05) is 79.7 Å². The molecule has 0 aliphatic carbocycles. The summed E-state index contributed by atoms with van der Waals surface area (Å²) in [7, 11) is 2.16. The van der Waals surface area contributed by atoms with Crippen molar-refractivity contribution in [2.75, 3.05) is 0 Å². The normalized spacial score (nSPS) is 12.1. The number of para-hydroxylation sites is 2. The fraction of sp³-hybridized carbons (Fsp3) is 0.0769. The van der Waals surface area contributed by atoms with Crippen molar-refractivity contribution in [3.8, 4) is 16.8 Å². The Labute approximate surface area is 247 Å². The number of benzene rings is 6. The fourth-order valence-corrected chi connectivity index (χ4v) is 8.32. The Balaban J connectivity index is 1.33. The molecule has 0 unspecified atom stereocenters. The summed E-state index contributed by atoms with van der Waals surface area (Å²) in [4.78, 5) is 0. The maximum absolute atomic E-state index is 2.48. The molecule has 200 valence electrons. The standard InChI is InChI=1S/C39H28N2S/c1-3-24-20-27(23-33-31-12-6-9-15-38(31)42-39(24)33)41-36-14-8-5-10-28(36)30-18-16-26(22-37(30)41)25-17-19-35-32(21-25)29-11-4-7-13-34(29)40(35)2/h4-23H,3H2,1-2H3. The summed E-state index contributed by atoms with van der Waals surface area (Å²) < 4.78 is 7.54. The highest BCUT2D eigenvalue weighted by atomic mass is 32.1. The summed E-state index contributed by atoms with van der Waals surface area (Å²) in [5.41, 5.74) is 10.1. The third-order valence-corrected chi connectivity index (χ3v) is 10.4. The Morgan fingerprint density at radius 2 is 1.17 bits per heavy atom. The molecule has 0 aliphatic heterocycles. The lowest BCUT2D eigenvalue weighted by molar-refractivity contribution is 1.01. The number of aryl methyl sites for hydroxylation is 2. The van der Waals surface area contributed by atoms with Gasteiger partial charge in [0.25, 0.3) is 0 Å². The smallest absolute Gasteiger partial charge is 0.0547 e. The molecule has 0 N–H and O–H groups in total. The van der Waals surface area contributed by atoms with Gasteiger partial charge in [0.05, 0.1) is 11.0 Å². The van der Waals surface area contributed by atoms with Crippen molar-refractivity contribution in [3.63, 3.8) is 0 Å². The van der Waals surface area contributed by atoms with Crippen LogP contribution >= 0.6 is 11.3 Å². The van der Waals surface area contributed by atoms with E-state index in [2.05, 4.69) is 144 Å². The van der Waals surface area contributed by atoms with Crippen molar-refractivity contribution >= 4 is 75.1 Å². The first kappa shape index (κ1) is 23.8. The van der Waals surface area contributed by atoms with Gasteiger partial charge in [0.1, 0.15) is 0 Å². The van der Waals surface area contributed by atoms with Crippen LogP contribution in [0.4, 0.5) is 0 Å². The summed E-state index contributed by atoms with van der Waals surface area (Å²) in [5, 5.41) is 7.88. The zero-order chi connectivity index (χ0) is 27.9. The summed E-state index contributed by atoms with van der Waals surface area (Å²) in [5.74, 6) is 0. The molecule has 0 bridgehead atoms. The monoisotopic (exact) mass is 556 g/mol. The van der Waals surface area contributed by atoms with E-state index in [9.17, 15) is 0 Å². The molecule has 0 atom stereocenters. The largest absolute Gasteiger partial charge is 0.344 e. The maximum Gasteiger partial charge on any atom is 0.0547 e. The molecular formula is C39H28N2S. The summed E-state index contributed by atoms with van der Waals surface area (Å²) in [6.45, 7) is 2.27. The minimum absolute atomic E-state index is 1.00. The lowest BCUT2D eigenvalue weighted by atomic mass is 10.0. The van der Waals surface area contributed by atoms with E-state index < -0.39 is 0 Å². The molecule has 0 aliphatic rings. The number of hydrogen-bond acceptors (Lipinski definition) is 1. The number of fused-ring (bicyclic) bond motifs is 9. The first-order chi connectivity index (χ1) is 20.7. The molecule has 9 rings (SSSR count). The van der Waals surface area contributed by atoms with Crippen molar-refractivity contribution in [1.82, 2.24) is 9.13 Å². The molecule has 42 heavy (non-hydrogen) atoms. The minimum atomic E-state index is 1.00. The van der Waals surface area contributed by atoms with E-state index in [1.807, 2.05) is 11.3 Å². The van der Waals surface area contributed by atoms with Crippen LogP contribution in [-0.2, 0) is 13.5 Å². The van der Waals surface area contributed by atoms with E-state index in [0.717, 1.165) is 6.42 Å². The fourth-order valence-electron chi connectivity index (χ4n) is 7.05. The molecule has 0 saturated heterocycles. The zero-order valence-electron chi connectivity index (χ0n) is 23.6. The van der Waals surface area contributed by atoms with Gasteiger partial charge >= 0.3 is 0 Å². The number of hydrogen-bond donors (Lipinski definition) is 0. The number of thiophene rings is 1. The lowest BCUT2D eigenvalue weighted by Crippen LogP contribution is -1.96. The Hall–Kier alpha value is -4.86. The lowest BCUT2D eigenvalue weighted by Gasteiger charge is -2.12. The van der Waals surface area contributed by atoms with Gasteiger partial charge in [0.15, 0.2) is 0 Å². The Bertz CT molecular complexity index is 2520. The highest BCUT2D eigenvalue weighted by Gasteiger charge is 2.17. The van der Waals surface area contributed by atoms with Gasteiger partial charge < -0.3 is 9.13 Å². The Morgan fingerprint density at radius 1 is 0.524 bits per heavy atom. The van der Waals surface area contributed by atoms with Crippen molar-refractivity contribution in [2.24, 2.45) is 7.05 Å². The summed E-state index contributed by atoms with van der Waals surface area (Å²) >= 11 is 1.92. The predicted molar refractivity (Wildman–Crippen MR) is 182 cm³/mol. The number of nitrogens with zero attached hydrogens (tertiary/aromatic N) is 2. The quantitative estimate of drug-likeness (QED) is 0.205. The molecular weight excluding hydrogens is 529 g/mol. The van der Waals surface area contributed by atoms with Gasteiger partial charge in [-0.05, 0) is 71.6 Å². The molecule has 9 aromatic rings. The van der Waals surface area contributed by atoms with Crippen molar-refractivity contribution < 1.29 is 0 Å². The summed E-state index contributed by atoms with van der Waals surface area (Å²) in [6.07, 6.45) is 1.00. The molecule has 2 nitrogen and oxygen atoms in total. The van der Waals surface area contributed by atoms with Crippen LogP contribution in [0.3, 0.4) is 0 Å². The van der Waals surface area contributed by atoms with Gasteiger partial charge in [-0.2, -0.15) is 0 Å². The van der Waals surface area contributed by atoms with Gasteiger partial charge in [0, 0.05) is 65.5 Å². The van der Waals surface area contributed by atoms with Gasteiger partial charge in [-0.25, -0.2) is 0 Å². The highest BCUT2D eigenvalue weighted by Crippen LogP contribution is 2.41. The van der Waals surface area contributed by atoms with Crippen LogP contribution in [0.1, 0.15) is 12.5 Å². The predicted octanol–water partition coefficient (Wildman–Crippen LogP) is 11.0. The third kappa shape index (κ3) is 3.26. The summed E-state index contributed by atoms with van der Waals surface area (Å²) in [6, 6.07) is 45.1. The molecule has 0 spiro atoms. The minimum Gasteiger partial charge on any atom is -0.344 e. The number of aromatic nitrogens is 2. The van der Waals surface area contributed by atoms with Crippen LogP contribution in [0.5, 0.6) is 0 Å². The van der Waals surface area contributed by atoms with Crippen LogP contribution < -0.4 is 0 Å². The SMILES string of the molecule is CCc1cc(-n2c3ccccc3c3ccc(-c4ccc5c(c4)c4ccccc4n5C)cc32)cc2c1sc1ccccc12. The molecule has 0 fully saturated rings. The van der Waals surface area contributed by atoms with Gasteiger partial charge in [-0.3, -0.25) is 0 Å². The van der Waals surface area contributed by atoms with E-state index in [4.69, 9.17) is 0 Å². The highest BCUT2D eigenvalue weighted by molar-refractivity contribution is 7.26. The first-order valence-electron chi connectivity index (χ1n) is 14.6. The molecule has 6 aromatic carbocycles. The average molecular weight is 557 g/mol. The third-order valence-electron chi connectivity index (χ3n) is 9.10. The van der Waals surface area contributed by atoms with E-state index in [0.29, 0.717) is 0 Å². The van der Waals surface area contributed by atoms with Crippen molar-refractivity contribution in [3.05, 3.63) is 127 Å².